The van der Waals surface area contributed by atoms with Gasteiger partial charge in [0.1, 0.15) is 0 Å². The van der Waals surface area contributed by atoms with E-state index in [-0.39, 0.29) is 17.9 Å². The van der Waals surface area contributed by atoms with Crippen LogP contribution in [0.5, 0.6) is 0 Å². The molecule has 0 aliphatic heterocycles. The molecule has 1 aliphatic carbocycles. The minimum Gasteiger partial charge on any atom is -0.469 e. The number of ether oxygens (including phenoxy) is 1. The summed E-state index contributed by atoms with van der Waals surface area (Å²) in [6, 6.07) is 0.281. The molecule has 3 nitrogen and oxygen atoms in total. The lowest BCUT2D eigenvalue weighted by Crippen LogP contribution is -2.41. The van der Waals surface area contributed by atoms with Crippen LogP contribution in [0.3, 0.4) is 0 Å². The molecule has 0 N–H and O–H groups in total. The smallest absolute Gasteiger partial charge is 0.309 e. The molecule has 0 aromatic rings. The van der Waals surface area contributed by atoms with E-state index in [0.717, 1.165) is 19.0 Å². The van der Waals surface area contributed by atoms with E-state index >= 15 is 0 Å². The standard InChI is InChI=1S/C12H23NO2/c1-5-13(8-11-6-7-11)10(3)9(2)12(14)15-4/h9-11H,5-8H2,1-4H3. The zero-order chi connectivity index (χ0) is 11.4. The number of carbonyl (C=O) groups excluding carboxylic acids is 1. The second kappa shape index (κ2) is 5.50. The van der Waals surface area contributed by atoms with E-state index in [1.807, 2.05) is 6.92 Å². The van der Waals surface area contributed by atoms with Crippen LogP contribution < -0.4 is 0 Å². The zero-order valence-corrected chi connectivity index (χ0v) is 10.3. The van der Waals surface area contributed by atoms with Crippen molar-refractivity contribution in [3.8, 4) is 0 Å². The Hall–Kier alpha value is -0.570. The third kappa shape index (κ3) is 3.49. The fraction of sp³-hybridized carbons (Fsp3) is 0.917. The van der Waals surface area contributed by atoms with Gasteiger partial charge in [-0.1, -0.05) is 13.8 Å². The molecule has 0 spiro atoms. The lowest BCUT2D eigenvalue weighted by molar-refractivity contribution is -0.147. The van der Waals surface area contributed by atoms with Crippen LogP contribution in [-0.4, -0.2) is 37.1 Å². The Balaban J connectivity index is 2.46. The van der Waals surface area contributed by atoms with Gasteiger partial charge in [-0.15, -0.1) is 0 Å². The van der Waals surface area contributed by atoms with E-state index < -0.39 is 0 Å². The predicted molar refractivity (Wildman–Crippen MR) is 60.6 cm³/mol. The first kappa shape index (κ1) is 12.5. The Bertz CT molecular complexity index is 214. The second-order valence-corrected chi connectivity index (χ2v) is 4.58. The number of carbonyl (C=O) groups is 1. The summed E-state index contributed by atoms with van der Waals surface area (Å²) < 4.78 is 4.78. The van der Waals surface area contributed by atoms with Gasteiger partial charge in [0.15, 0.2) is 0 Å². The molecule has 0 radical (unpaired) electrons. The van der Waals surface area contributed by atoms with Crippen molar-refractivity contribution in [2.24, 2.45) is 11.8 Å². The van der Waals surface area contributed by atoms with Crippen molar-refractivity contribution in [2.45, 2.75) is 39.7 Å². The SMILES string of the molecule is CCN(CC1CC1)C(C)C(C)C(=O)OC. The summed E-state index contributed by atoms with van der Waals surface area (Å²) in [5.41, 5.74) is 0. The molecule has 0 saturated heterocycles. The molecule has 0 amide bonds. The highest BCUT2D eigenvalue weighted by Gasteiger charge is 2.30. The summed E-state index contributed by atoms with van der Waals surface area (Å²) in [4.78, 5) is 13.8. The van der Waals surface area contributed by atoms with Crippen molar-refractivity contribution in [3.05, 3.63) is 0 Å². The highest BCUT2D eigenvalue weighted by molar-refractivity contribution is 5.72. The first-order chi connectivity index (χ1) is 7.10. The van der Waals surface area contributed by atoms with Gasteiger partial charge in [0.05, 0.1) is 13.0 Å². The molecule has 88 valence electrons. The maximum atomic E-state index is 11.4. The van der Waals surface area contributed by atoms with Gasteiger partial charge in [-0.3, -0.25) is 9.69 Å². The normalized spacial score (nSPS) is 20.1. The lowest BCUT2D eigenvalue weighted by atomic mass is 10.0. The summed E-state index contributed by atoms with van der Waals surface area (Å²) in [6.45, 7) is 8.38. The Morgan fingerprint density at radius 3 is 2.47 bits per heavy atom. The van der Waals surface area contributed by atoms with E-state index in [2.05, 4.69) is 18.7 Å². The quantitative estimate of drug-likeness (QED) is 0.631. The average molecular weight is 213 g/mol. The van der Waals surface area contributed by atoms with Crippen molar-refractivity contribution in [3.63, 3.8) is 0 Å². The van der Waals surface area contributed by atoms with Gasteiger partial charge < -0.3 is 4.74 Å². The van der Waals surface area contributed by atoms with Gasteiger partial charge >= 0.3 is 5.97 Å². The Morgan fingerprint density at radius 1 is 1.47 bits per heavy atom. The number of methoxy groups -OCH3 is 1. The van der Waals surface area contributed by atoms with Gasteiger partial charge in [0.25, 0.3) is 0 Å². The topological polar surface area (TPSA) is 29.5 Å². The minimum absolute atomic E-state index is 0.0336. The molecule has 1 fully saturated rings. The molecule has 0 bridgehead atoms. The van der Waals surface area contributed by atoms with Crippen molar-refractivity contribution in [1.29, 1.82) is 0 Å². The van der Waals surface area contributed by atoms with E-state index in [9.17, 15) is 4.79 Å². The molecule has 1 rings (SSSR count). The van der Waals surface area contributed by atoms with E-state index in [1.165, 1.54) is 20.0 Å². The van der Waals surface area contributed by atoms with Gasteiger partial charge in [-0.05, 0) is 32.2 Å². The fourth-order valence-electron chi connectivity index (χ4n) is 1.91. The predicted octanol–water partition coefficient (Wildman–Crippen LogP) is 1.92. The van der Waals surface area contributed by atoms with Crippen molar-refractivity contribution in [2.75, 3.05) is 20.2 Å². The summed E-state index contributed by atoms with van der Waals surface area (Å²) in [5, 5.41) is 0. The van der Waals surface area contributed by atoms with Crippen LogP contribution in [0.4, 0.5) is 0 Å². The highest BCUT2D eigenvalue weighted by atomic mass is 16.5. The minimum atomic E-state index is -0.100. The van der Waals surface area contributed by atoms with Gasteiger partial charge in [0, 0.05) is 12.6 Å². The summed E-state index contributed by atoms with van der Waals surface area (Å²) in [5.74, 6) is 0.739. The monoisotopic (exact) mass is 213 g/mol. The second-order valence-electron chi connectivity index (χ2n) is 4.58. The highest BCUT2D eigenvalue weighted by Crippen LogP contribution is 2.30. The van der Waals surface area contributed by atoms with Crippen LogP contribution in [0.2, 0.25) is 0 Å². The first-order valence-electron chi connectivity index (χ1n) is 5.92. The van der Waals surface area contributed by atoms with E-state index in [4.69, 9.17) is 4.74 Å². The van der Waals surface area contributed by atoms with Crippen LogP contribution in [-0.2, 0) is 9.53 Å². The number of hydrogen-bond acceptors (Lipinski definition) is 3. The van der Waals surface area contributed by atoms with Crippen LogP contribution in [0.1, 0.15) is 33.6 Å². The first-order valence-corrected chi connectivity index (χ1v) is 5.92. The number of rotatable bonds is 6. The van der Waals surface area contributed by atoms with Gasteiger partial charge in [0.2, 0.25) is 0 Å². The molecule has 1 saturated carbocycles. The van der Waals surface area contributed by atoms with Crippen molar-refractivity contribution in [1.82, 2.24) is 4.90 Å². The fourth-order valence-corrected chi connectivity index (χ4v) is 1.91. The molecule has 0 aromatic carbocycles. The van der Waals surface area contributed by atoms with Crippen LogP contribution in [0.25, 0.3) is 0 Å². The molecule has 2 atom stereocenters. The average Bonchev–Trinajstić information content (AvgIpc) is 3.06. The maximum absolute atomic E-state index is 11.4. The molecule has 3 heteroatoms. The Morgan fingerprint density at radius 2 is 2.07 bits per heavy atom. The van der Waals surface area contributed by atoms with Crippen LogP contribution in [0, 0.1) is 11.8 Å². The maximum Gasteiger partial charge on any atom is 0.309 e. The zero-order valence-electron chi connectivity index (χ0n) is 10.3. The Labute approximate surface area is 92.8 Å². The summed E-state index contributed by atoms with van der Waals surface area (Å²) in [7, 11) is 1.46. The third-order valence-corrected chi connectivity index (χ3v) is 3.47. The molecule has 1 aliphatic rings. The number of hydrogen-bond donors (Lipinski definition) is 0. The van der Waals surface area contributed by atoms with Gasteiger partial charge in [-0.25, -0.2) is 0 Å². The molecule has 15 heavy (non-hydrogen) atoms. The number of esters is 1. The molecule has 0 aromatic heterocycles. The van der Waals surface area contributed by atoms with E-state index in [0.29, 0.717) is 0 Å². The Kier molecular flexibility index (Phi) is 4.58. The largest absolute Gasteiger partial charge is 0.469 e. The third-order valence-electron chi connectivity index (χ3n) is 3.47. The van der Waals surface area contributed by atoms with Crippen LogP contribution in [0.15, 0.2) is 0 Å². The van der Waals surface area contributed by atoms with Gasteiger partial charge in [-0.2, -0.15) is 0 Å². The molecule has 2 unspecified atom stereocenters. The van der Waals surface area contributed by atoms with E-state index in [1.54, 1.807) is 0 Å². The molecular weight excluding hydrogens is 190 g/mol. The summed E-state index contributed by atoms with van der Waals surface area (Å²) >= 11 is 0. The molecule has 0 heterocycles. The molecular formula is C12H23NO2. The van der Waals surface area contributed by atoms with Crippen LogP contribution >= 0.6 is 0 Å². The number of nitrogens with zero attached hydrogens (tertiary/aromatic N) is 1. The van der Waals surface area contributed by atoms with Crippen molar-refractivity contribution >= 4 is 5.97 Å². The summed E-state index contributed by atoms with van der Waals surface area (Å²) in [6.07, 6.45) is 2.71. The lowest BCUT2D eigenvalue weighted by Gasteiger charge is -2.31. The van der Waals surface area contributed by atoms with Crippen molar-refractivity contribution < 1.29 is 9.53 Å².